The van der Waals surface area contributed by atoms with Crippen molar-refractivity contribution in [2.45, 2.75) is 52.3 Å². The molecule has 0 unspecified atom stereocenters. The number of carbonyl (C=O) groups excluding carboxylic acids is 2. The van der Waals surface area contributed by atoms with Crippen molar-refractivity contribution in [3.8, 4) is 11.1 Å². The second-order valence-electron chi connectivity index (χ2n) is 12.1. The third-order valence-electron chi connectivity index (χ3n) is 8.12. The van der Waals surface area contributed by atoms with Gasteiger partial charge in [-0.3, -0.25) is 4.90 Å². The van der Waals surface area contributed by atoms with Crippen LogP contribution in [0.4, 0.5) is 9.59 Å². The lowest BCUT2D eigenvalue weighted by Crippen LogP contribution is -2.50. The van der Waals surface area contributed by atoms with Gasteiger partial charge in [0.2, 0.25) is 0 Å². The second kappa shape index (κ2) is 11.0. The van der Waals surface area contributed by atoms with E-state index in [9.17, 15) is 9.59 Å². The normalized spacial score (nSPS) is 19.8. The minimum atomic E-state index is -0.613. The van der Waals surface area contributed by atoms with Gasteiger partial charge in [-0.15, -0.1) is 0 Å². The summed E-state index contributed by atoms with van der Waals surface area (Å²) in [6, 6.07) is 6.25. The molecule has 10 nitrogen and oxygen atoms in total. The Labute approximate surface area is 240 Å². The number of aromatic nitrogens is 2. The summed E-state index contributed by atoms with van der Waals surface area (Å²) in [6.45, 7) is 12.4. The smallest absolute Gasteiger partial charge is 0.410 e. The van der Waals surface area contributed by atoms with Gasteiger partial charge in [-0.2, -0.15) is 0 Å². The summed E-state index contributed by atoms with van der Waals surface area (Å²) < 4.78 is 17.2. The quantitative estimate of drug-likeness (QED) is 0.489. The van der Waals surface area contributed by atoms with Crippen LogP contribution in [0.2, 0.25) is 0 Å². The molecule has 1 atom stereocenters. The Morgan fingerprint density at radius 1 is 1.00 bits per heavy atom. The summed E-state index contributed by atoms with van der Waals surface area (Å²) in [5.41, 5.74) is 6.70. The van der Waals surface area contributed by atoms with Crippen LogP contribution in [0.3, 0.4) is 0 Å². The number of amides is 3. The van der Waals surface area contributed by atoms with Crippen molar-refractivity contribution < 1.29 is 23.8 Å². The van der Waals surface area contributed by atoms with Crippen LogP contribution in [0.15, 0.2) is 30.6 Å². The van der Waals surface area contributed by atoms with E-state index in [0.29, 0.717) is 59.2 Å². The molecular weight excluding hydrogens is 522 g/mol. The molecule has 0 spiro atoms. The summed E-state index contributed by atoms with van der Waals surface area (Å²) in [7, 11) is 0. The minimum absolute atomic E-state index is 0.0375. The number of rotatable bonds is 2. The average Bonchev–Trinajstić information content (AvgIpc) is 3.35. The predicted octanol–water partition coefficient (Wildman–Crippen LogP) is 4.66. The standard InChI is InChI=1S/C31H39N5O5/c1-20-16-32-28-24(20)15-23(17-33-28)22-13-21-5-6-35(29(37)34-7-10-39-11-8-34)18-26(21)25(14-22)27-19-40-12-9-36(27)30(38)41-31(2,3)4/h13-17,27H,5-12,18-19H2,1-4H3,(H,32,33)/t27-/m0/s1. The van der Waals surface area contributed by atoms with Crippen LogP contribution in [0.1, 0.15) is 49.1 Å². The molecule has 3 aliphatic rings. The Bertz CT molecular complexity index is 1460. The maximum Gasteiger partial charge on any atom is 0.410 e. The highest BCUT2D eigenvalue weighted by atomic mass is 16.6. The van der Waals surface area contributed by atoms with E-state index in [1.807, 2.05) is 43.0 Å². The van der Waals surface area contributed by atoms with Gasteiger partial charge in [-0.1, -0.05) is 6.07 Å². The Balaban J connectivity index is 1.41. The van der Waals surface area contributed by atoms with Gasteiger partial charge < -0.3 is 29.0 Å². The molecule has 2 saturated heterocycles. The van der Waals surface area contributed by atoms with Crippen LogP contribution in [0, 0.1) is 6.92 Å². The van der Waals surface area contributed by atoms with Gasteiger partial charge in [0, 0.05) is 56.1 Å². The Morgan fingerprint density at radius 2 is 1.78 bits per heavy atom. The van der Waals surface area contributed by atoms with Gasteiger partial charge in [0.05, 0.1) is 32.5 Å². The summed E-state index contributed by atoms with van der Waals surface area (Å²) in [5, 5.41) is 1.08. The number of hydrogen-bond acceptors (Lipinski definition) is 6. The third kappa shape index (κ3) is 5.63. The van der Waals surface area contributed by atoms with E-state index in [4.69, 9.17) is 14.2 Å². The zero-order valence-corrected chi connectivity index (χ0v) is 24.4. The average molecular weight is 562 g/mol. The number of fused-ring (bicyclic) bond motifs is 2. The molecule has 0 saturated carbocycles. The molecule has 10 heteroatoms. The number of hydrogen-bond donors (Lipinski definition) is 1. The maximum absolute atomic E-state index is 13.5. The van der Waals surface area contributed by atoms with E-state index in [1.165, 1.54) is 5.56 Å². The van der Waals surface area contributed by atoms with Crippen LogP contribution in [0.25, 0.3) is 22.2 Å². The van der Waals surface area contributed by atoms with Gasteiger partial charge >= 0.3 is 12.1 Å². The molecular formula is C31H39N5O5. The van der Waals surface area contributed by atoms with Crippen LogP contribution in [-0.4, -0.2) is 95.0 Å². The molecule has 3 aliphatic heterocycles. The molecule has 41 heavy (non-hydrogen) atoms. The number of morpholine rings is 2. The molecule has 0 radical (unpaired) electrons. The molecule has 2 fully saturated rings. The summed E-state index contributed by atoms with van der Waals surface area (Å²) >= 11 is 0. The third-order valence-corrected chi connectivity index (χ3v) is 8.12. The SMILES string of the molecule is Cc1c[nH]c2ncc(-c3cc4c(c([C@@H]5COCCN5C(=O)OC(C)(C)C)c3)CN(C(=O)N3CCOCC3)CC4)cc12. The lowest BCUT2D eigenvalue weighted by molar-refractivity contribution is -0.0334. The number of benzene rings is 1. The van der Waals surface area contributed by atoms with Gasteiger partial charge in [0.25, 0.3) is 0 Å². The number of pyridine rings is 1. The van der Waals surface area contributed by atoms with Gasteiger partial charge in [0.15, 0.2) is 0 Å². The van der Waals surface area contributed by atoms with Crippen LogP contribution < -0.4 is 0 Å². The number of aromatic amines is 1. The van der Waals surface area contributed by atoms with E-state index in [-0.39, 0.29) is 18.2 Å². The lowest BCUT2D eigenvalue weighted by atomic mass is 9.87. The molecule has 218 valence electrons. The summed E-state index contributed by atoms with van der Waals surface area (Å²) in [6.07, 6.45) is 4.24. The molecule has 3 aromatic rings. The lowest BCUT2D eigenvalue weighted by Gasteiger charge is -2.40. The van der Waals surface area contributed by atoms with Gasteiger partial charge in [-0.05, 0) is 74.1 Å². The summed E-state index contributed by atoms with van der Waals surface area (Å²) in [4.78, 5) is 40.4. The number of aryl methyl sites for hydroxylation is 1. The number of ether oxygens (including phenoxy) is 3. The zero-order chi connectivity index (χ0) is 28.7. The molecule has 6 rings (SSSR count). The fraction of sp³-hybridized carbons (Fsp3) is 0.516. The first-order valence-electron chi connectivity index (χ1n) is 14.5. The van der Waals surface area contributed by atoms with E-state index < -0.39 is 5.60 Å². The fourth-order valence-electron chi connectivity index (χ4n) is 5.97. The number of urea groups is 1. The van der Waals surface area contributed by atoms with Crippen molar-refractivity contribution in [3.05, 3.63) is 52.8 Å². The van der Waals surface area contributed by atoms with Crippen LogP contribution >= 0.6 is 0 Å². The highest BCUT2D eigenvalue weighted by molar-refractivity contribution is 5.85. The number of H-pyrrole nitrogens is 1. The summed E-state index contributed by atoms with van der Waals surface area (Å²) in [5.74, 6) is 0. The van der Waals surface area contributed by atoms with Crippen molar-refractivity contribution in [1.29, 1.82) is 0 Å². The number of carbonyl (C=O) groups is 2. The highest BCUT2D eigenvalue weighted by Crippen LogP contribution is 2.37. The topological polar surface area (TPSA) is 100 Å². The molecule has 1 N–H and O–H groups in total. The maximum atomic E-state index is 13.5. The molecule has 0 bridgehead atoms. The molecule has 5 heterocycles. The fourth-order valence-corrected chi connectivity index (χ4v) is 5.97. The van der Waals surface area contributed by atoms with Gasteiger partial charge in [-0.25, -0.2) is 14.6 Å². The molecule has 0 aliphatic carbocycles. The van der Waals surface area contributed by atoms with Gasteiger partial charge in [0.1, 0.15) is 11.2 Å². The van der Waals surface area contributed by atoms with E-state index in [1.54, 1.807) is 4.90 Å². The first kappa shape index (κ1) is 27.5. The number of nitrogens with zero attached hydrogens (tertiary/aromatic N) is 4. The highest BCUT2D eigenvalue weighted by Gasteiger charge is 2.36. The molecule has 2 aromatic heterocycles. The largest absolute Gasteiger partial charge is 0.444 e. The van der Waals surface area contributed by atoms with Crippen molar-refractivity contribution in [3.63, 3.8) is 0 Å². The van der Waals surface area contributed by atoms with Crippen LogP contribution in [-0.2, 0) is 27.2 Å². The van der Waals surface area contributed by atoms with Crippen molar-refractivity contribution in [2.24, 2.45) is 0 Å². The van der Waals surface area contributed by atoms with E-state index in [2.05, 4.69) is 35.1 Å². The van der Waals surface area contributed by atoms with Crippen molar-refractivity contribution in [2.75, 3.05) is 52.6 Å². The second-order valence-corrected chi connectivity index (χ2v) is 12.1. The Morgan fingerprint density at radius 3 is 2.56 bits per heavy atom. The number of nitrogens with one attached hydrogen (secondary N) is 1. The minimum Gasteiger partial charge on any atom is -0.444 e. The molecule has 1 aromatic carbocycles. The first-order valence-corrected chi connectivity index (χ1v) is 14.5. The van der Waals surface area contributed by atoms with Crippen molar-refractivity contribution >= 4 is 23.2 Å². The molecule has 3 amide bonds. The van der Waals surface area contributed by atoms with Crippen molar-refractivity contribution in [1.82, 2.24) is 24.7 Å². The Hall–Kier alpha value is -3.63. The van der Waals surface area contributed by atoms with E-state index >= 15 is 0 Å². The van der Waals surface area contributed by atoms with Crippen LogP contribution in [0.5, 0.6) is 0 Å². The Kier molecular flexibility index (Phi) is 7.37. The van der Waals surface area contributed by atoms with E-state index in [0.717, 1.165) is 45.3 Å². The monoisotopic (exact) mass is 561 g/mol. The predicted molar refractivity (Wildman–Crippen MR) is 155 cm³/mol. The first-order chi connectivity index (χ1) is 19.7. The zero-order valence-electron chi connectivity index (χ0n) is 24.4.